The predicted octanol–water partition coefficient (Wildman–Crippen LogP) is 9.01. The molecule has 3 aromatic rings. The predicted molar refractivity (Wildman–Crippen MR) is 273 cm³/mol. The Morgan fingerprint density at radius 3 is 1.36 bits per heavy atom. The van der Waals surface area contributed by atoms with Crippen LogP contribution in [0.15, 0.2) is 123 Å². The molecule has 398 valence electrons. The summed E-state index contributed by atoms with van der Waals surface area (Å²) >= 11 is 0. The van der Waals surface area contributed by atoms with E-state index in [1.807, 2.05) is 81.5 Å². The molecule has 16 nitrogen and oxygen atoms in total. The van der Waals surface area contributed by atoms with Crippen molar-refractivity contribution >= 4 is 17.3 Å². The molecular weight excluding hydrogens is 965 g/mol. The molecule has 5 heterocycles. The van der Waals surface area contributed by atoms with Crippen molar-refractivity contribution < 1.29 is 77.1 Å². The molecule has 0 radical (unpaired) electrons. The quantitative estimate of drug-likeness (QED) is 0.145. The molecule has 12 atom stereocenters. The van der Waals surface area contributed by atoms with E-state index >= 15 is 0 Å². The molecule has 75 heavy (non-hydrogen) atoms. The van der Waals surface area contributed by atoms with E-state index in [1.165, 1.54) is 18.2 Å². The van der Waals surface area contributed by atoms with Crippen LogP contribution in [0.3, 0.4) is 0 Å². The monoisotopic (exact) mass is 1030 g/mol. The molecule has 0 saturated carbocycles. The number of carbonyl (C=O) groups excluding carboxylic acids is 3. The zero-order chi connectivity index (χ0) is 53.7. The Morgan fingerprint density at radius 2 is 0.893 bits per heavy atom. The van der Waals surface area contributed by atoms with Crippen LogP contribution in [0, 0.1) is 34.0 Å². The van der Waals surface area contributed by atoms with Gasteiger partial charge in [0.25, 0.3) is 0 Å². The summed E-state index contributed by atoms with van der Waals surface area (Å²) in [7, 11) is 4.70. The van der Waals surface area contributed by atoms with Gasteiger partial charge in [-0.2, -0.15) is 0 Å². The summed E-state index contributed by atoms with van der Waals surface area (Å²) in [5.41, 5.74) is 0.294. The number of hydrogen-bond acceptors (Lipinski definition) is 16. The molecule has 3 fully saturated rings. The first kappa shape index (κ1) is 53.3. The van der Waals surface area contributed by atoms with Crippen molar-refractivity contribution in [3.8, 4) is 40.2 Å². The lowest BCUT2D eigenvalue weighted by atomic mass is 9.62. The number of hydrogen-bond donors (Lipinski definition) is 3. The number of ketones is 3. The minimum atomic E-state index is -1.87. The molecular formula is C59H66O16. The minimum Gasteiger partial charge on any atom is -0.493 e. The molecule has 3 aliphatic carbocycles. The SMILES string of the molecule is C=CC[C@]12CC=CC(=O)[C@@]1(O)OC(c1ccc3c(c1)OCO3)[C@H]2C.C=CC[C@]12CC=CC(=O)[C@@]1(O)O[C@H](c1cc(OC)c3c(c1)OCO3)[C@H]2C.C=CC[C@]12CC=CC(=O)[C@@]1(O)O[C@H](c1ccc(OC)c(OC)c1)[C@H]2C. The lowest BCUT2D eigenvalue weighted by molar-refractivity contribution is -0.229. The zero-order valence-corrected chi connectivity index (χ0v) is 43.2. The van der Waals surface area contributed by atoms with Gasteiger partial charge in [0.05, 0.1) is 39.6 Å². The van der Waals surface area contributed by atoms with Crippen LogP contribution in [-0.4, -0.2) is 84.9 Å². The first-order valence-corrected chi connectivity index (χ1v) is 25.2. The summed E-state index contributed by atoms with van der Waals surface area (Å²) < 4.78 is 55.8. The molecule has 0 aromatic heterocycles. The maximum Gasteiger partial charge on any atom is 0.237 e. The first-order chi connectivity index (χ1) is 35.9. The summed E-state index contributed by atoms with van der Waals surface area (Å²) in [5, 5.41) is 33.5. The molecule has 1 unspecified atom stereocenters. The topological polar surface area (TPSA) is 204 Å². The maximum atomic E-state index is 12.5. The maximum absolute atomic E-state index is 12.5. The fourth-order valence-corrected chi connectivity index (χ4v) is 12.9. The Balaban J connectivity index is 0.000000138. The highest BCUT2D eigenvalue weighted by Crippen LogP contribution is 2.64. The standard InChI is InChI=1S/C20H22O6.C20H24O5.C19H20O5/c1-4-7-19-8-5-6-16(21)20(19,22)26-17(12(19)2)13-9-14(23-3)18-15(10-13)24-11-25-18;1-5-10-19-11-6-7-17(21)20(19,22)25-18(13(19)2)14-8-9-15(23-3)16(12-14)24-4;1-3-8-18-9-4-5-16(20)19(18,21)24-17(12(18)2)13-6-7-14-15(10-13)23-11-22-14/h4-6,9-10,12,17,22H,1,7-8,11H2,2-3H3;5-9,12-13,18,22H,1,10-11H2,2-4H3;3-7,10,12,17,21H,1,8-9,11H2,2H3/t12-,17+,19-,20-;13-,18+,19-,20-;12-,17?,18-,19-/m111/s1. The van der Waals surface area contributed by atoms with Gasteiger partial charge in [-0.15, -0.1) is 19.7 Å². The number of benzene rings is 3. The van der Waals surface area contributed by atoms with Gasteiger partial charge in [-0.05, 0) is 128 Å². The van der Waals surface area contributed by atoms with Crippen LogP contribution in [0.25, 0.3) is 0 Å². The van der Waals surface area contributed by atoms with Gasteiger partial charge in [-0.1, -0.05) is 69.4 Å². The molecule has 3 aromatic carbocycles. The second kappa shape index (κ2) is 20.2. The van der Waals surface area contributed by atoms with E-state index < -0.39 is 69.3 Å². The van der Waals surface area contributed by atoms with Crippen molar-refractivity contribution in [1.29, 1.82) is 0 Å². The van der Waals surface area contributed by atoms with Gasteiger partial charge in [-0.3, -0.25) is 14.4 Å². The van der Waals surface area contributed by atoms with E-state index in [1.54, 1.807) is 45.6 Å². The zero-order valence-electron chi connectivity index (χ0n) is 43.2. The minimum absolute atomic E-state index is 0.0743. The number of fused-ring (bicyclic) bond motifs is 5. The number of methoxy groups -OCH3 is 3. The molecule has 5 aliphatic heterocycles. The largest absolute Gasteiger partial charge is 0.493 e. The van der Waals surface area contributed by atoms with E-state index in [0.29, 0.717) is 78.8 Å². The molecule has 0 bridgehead atoms. The van der Waals surface area contributed by atoms with E-state index in [4.69, 9.17) is 47.4 Å². The van der Waals surface area contributed by atoms with Gasteiger partial charge < -0.3 is 62.7 Å². The van der Waals surface area contributed by atoms with Crippen molar-refractivity contribution in [2.24, 2.45) is 34.0 Å². The normalized spacial score (nSPS) is 35.0. The second-order valence-corrected chi connectivity index (χ2v) is 20.5. The fourth-order valence-electron chi connectivity index (χ4n) is 12.9. The highest BCUT2D eigenvalue weighted by Gasteiger charge is 2.69. The highest BCUT2D eigenvalue weighted by molar-refractivity contribution is 5.99. The highest BCUT2D eigenvalue weighted by atomic mass is 16.7. The molecule has 11 rings (SSSR count). The van der Waals surface area contributed by atoms with Crippen molar-refractivity contribution in [1.82, 2.24) is 0 Å². The molecule has 3 N–H and O–H groups in total. The summed E-state index contributed by atoms with van der Waals surface area (Å²) in [6.07, 6.45) is 16.7. The van der Waals surface area contributed by atoms with E-state index in [-0.39, 0.29) is 31.3 Å². The van der Waals surface area contributed by atoms with Crippen LogP contribution in [0.1, 0.15) is 94.3 Å². The van der Waals surface area contributed by atoms with Gasteiger partial charge in [0.15, 0.2) is 34.5 Å². The van der Waals surface area contributed by atoms with Gasteiger partial charge in [-0.25, -0.2) is 0 Å². The van der Waals surface area contributed by atoms with Gasteiger partial charge in [0, 0.05) is 16.2 Å². The Bertz CT molecular complexity index is 2870. The first-order valence-electron chi connectivity index (χ1n) is 25.2. The Hall–Kier alpha value is -6.53. The summed E-state index contributed by atoms with van der Waals surface area (Å²) in [6.45, 7) is 17.8. The lowest BCUT2D eigenvalue weighted by Gasteiger charge is -2.42. The van der Waals surface area contributed by atoms with Gasteiger partial charge in [0.1, 0.15) is 0 Å². The molecule has 3 saturated heterocycles. The molecule has 8 aliphatic rings. The van der Waals surface area contributed by atoms with E-state index in [9.17, 15) is 29.7 Å². The van der Waals surface area contributed by atoms with Crippen molar-refractivity contribution in [2.75, 3.05) is 34.9 Å². The number of rotatable bonds is 12. The van der Waals surface area contributed by atoms with Gasteiger partial charge in [0.2, 0.25) is 54.0 Å². The van der Waals surface area contributed by atoms with Crippen LogP contribution >= 0.6 is 0 Å². The third kappa shape index (κ3) is 8.14. The van der Waals surface area contributed by atoms with Crippen molar-refractivity contribution in [2.45, 2.75) is 95.0 Å². The van der Waals surface area contributed by atoms with Crippen molar-refractivity contribution in [3.63, 3.8) is 0 Å². The van der Waals surface area contributed by atoms with Crippen LogP contribution in [0.2, 0.25) is 0 Å². The third-order valence-electron chi connectivity index (χ3n) is 17.1. The Labute approximate surface area is 436 Å². The summed E-state index contributed by atoms with van der Waals surface area (Å²) in [4.78, 5) is 37.5. The number of carbonyl (C=O) groups is 3. The number of ether oxygens (including phenoxy) is 10. The molecule has 0 amide bonds. The van der Waals surface area contributed by atoms with Gasteiger partial charge >= 0.3 is 0 Å². The van der Waals surface area contributed by atoms with Crippen LogP contribution in [0.4, 0.5) is 0 Å². The lowest BCUT2D eigenvalue weighted by Crippen LogP contribution is -2.54. The number of allylic oxidation sites excluding steroid dienone is 6. The fraction of sp³-hybridized carbons (Fsp3) is 0.441. The molecule has 0 spiro atoms. The third-order valence-corrected chi connectivity index (χ3v) is 17.1. The average Bonchev–Trinajstić information content (AvgIpc) is 4.24. The van der Waals surface area contributed by atoms with Crippen LogP contribution in [0.5, 0.6) is 40.2 Å². The van der Waals surface area contributed by atoms with E-state index in [2.05, 4.69) is 19.7 Å². The average molecular weight is 1030 g/mol. The summed E-state index contributed by atoms with van der Waals surface area (Å²) in [5.74, 6) is -2.85. The summed E-state index contributed by atoms with van der Waals surface area (Å²) in [6, 6.07) is 14.7. The molecule has 16 heteroatoms. The van der Waals surface area contributed by atoms with E-state index in [0.717, 1.165) is 16.7 Å². The Kier molecular flexibility index (Phi) is 14.4. The second-order valence-electron chi connectivity index (χ2n) is 20.5. The number of aliphatic hydroxyl groups is 3. The van der Waals surface area contributed by atoms with Crippen LogP contribution < -0.4 is 33.2 Å². The van der Waals surface area contributed by atoms with Crippen molar-refractivity contribution in [3.05, 3.63) is 140 Å². The Morgan fingerprint density at radius 1 is 0.507 bits per heavy atom. The van der Waals surface area contributed by atoms with Crippen LogP contribution in [-0.2, 0) is 28.6 Å². The smallest absolute Gasteiger partial charge is 0.237 e.